The van der Waals surface area contributed by atoms with Gasteiger partial charge in [0.05, 0.1) is 11.6 Å². The molecule has 2 aromatic carbocycles. The van der Waals surface area contributed by atoms with Crippen LogP contribution in [-0.4, -0.2) is 18.5 Å². The van der Waals surface area contributed by atoms with E-state index in [1.807, 2.05) is 56.3 Å². The molecule has 2 aromatic heterocycles. The van der Waals surface area contributed by atoms with E-state index in [0.717, 1.165) is 38.6 Å². The summed E-state index contributed by atoms with van der Waals surface area (Å²) in [5.74, 6) is -0.748. The van der Waals surface area contributed by atoms with Crippen LogP contribution in [0.3, 0.4) is 0 Å². The molecule has 0 spiro atoms. The summed E-state index contributed by atoms with van der Waals surface area (Å²) in [6.45, 7) is 4.39. The molecule has 4 nitrogen and oxygen atoms in total. The molecule has 0 aliphatic heterocycles. The molecule has 0 saturated carbocycles. The Balaban J connectivity index is 1.70. The topological polar surface area (TPSA) is 55.4 Å². The van der Waals surface area contributed by atoms with Crippen molar-refractivity contribution in [3.8, 4) is 0 Å². The smallest absolute Gasteiger partial charge is 0.341 e. The molecule has 4 aromatic rings. The van der Waals surface area contributed by atoms with Gasteiger partial charge in [0.25, 0.3) is 5.91 Å². The lowest BCUT2D eigenvalue weighted by Crippen LogP contribution is -2.14. The number of anilines is 1. The molecule has 0 saturated heterocycles. The summed E-state index contributed by atoms with van der Waals surface area (Å²) in [5.41, 5.74) is 1.50. The van der Waals surface area contributed by atoms with E-state index >= 15 is 0 Å². The number of thiophene rings is 2. The summed E-state index contributed by atoms with van der Waals surface area (Å²) < 4.78 is 7.31. The number of amides is 1. The van der Waals surface area contributed by atoms with E-state index in [1.165, 1.54) is 22.7 Å². The number of ether oxygens (including phenoxy) is 1. The third kappa shape index (κ3) is 3.95. The molecular weight excluding hydrogens is 438 g/mol. The number of carbonyl (C=O) groups is 2. The van der Waals surface area contributed by atoms with Gasteiger partial charge in [-0.05, 0) is 31.0 Å². The number of unbranched alkanes of at least 4 members (excludes halogenated alkanes) is 1. The second kappa shape index (κ2) is 8.76. The van der Waals surface area contributed by atoms with Crippen molar-refractivity contribution in [3.05, 3.63) is 63.5 Å². The van der Waals surface area contributed by atoms with Gasteiger partial charge in [0.2, 0.25) is 0 Å². The molecule has 0 fully saturated rings. The summed E-state index contributed by atoms with van der Waals surface area (Å²) in [4.78, 5) is 26.3. The van der Waals surface area contributed by atoms with Crippen LogP contribution in [0, 0.1) is 6.92 Å². The van der Waals surface area contributed by atoms with Crippen LogP contribution in [0.1, 0.15) is 45.4 Å². The van der Waals surface area contributed by atoms with Crippen molar-refractivity contribution in [1.29, 1.82) is 0 Å². The normalized spacial score (nSPS) is 11.2. The lowest BCUT2D eigenvalue weighted by molar-refractivity contribution is 0.0503. The standard InChI is InChI=1S/C23H20ClNO3S2/c1-3-4-11-28-23(27)18-14-7-5-6-8-16(14)30-22(18)25-21(26)20-19(24)15-10-9-13(2)12-17(15)29-20/h5-10,12H,3-4,11H2,1-2H3,(H,25,26). The van der Waals surface area contributed by atoms with Gasteiger partial charge in [-0.3, -0.25) is 4.79 Å². The van der Waals surface area contributed by atoms with Gasteiger partial charge in [-0.15, -0.1) is 22.7 Å². The van der Waals surface area contributed by atoms with E-state index in [4.69, 9.17) is 16.3 Å². The summed E-state index contributed by atoms with van der Waals surface area (Å²) in [6.07, 6.45) is 1.73. The Morgan fingerprint density at radius 3 is 2.67 bits per heavy atom. The maximum Gasteiger partial charge on any atom is 0.341 e. The first-order chi connectivity index (χ1) is 14.5. The van der Waals surface area contributed by atoms with Crippen molar-refractivity contribution in [2.45, 2.75) is 26.7 Å². The number of fused-ring (bicyclic) bond motifs is 2. The van der Waals surface area contributed by atoms with Crippen molar-refractivity contribution in [2.75, 3.05) is 11.9 Å². The van der Waals surface area contributed by atoms with Crippen LogP contribution in [0.4, 0.5) is 5.00 Å². The molecule has 0 bridgehead atoms. The van der Waals surface area contributed by atoms with Gasteiger partial charge in [0.1, 0.15) is 15.4 Å². The van der Waals surface area contributed by atoms with E-state index in [2.05, 4.69) is 5.32 Å². The first-order valence-corrected chi connectivity index (χ1v) is 11.7. The maximum absolute atomic E-state index is 13.1. The van der Waals surface area contributed by atoms with Crippen LogP contribution >= 0.6 is 34.3 Å². The van der Waals surface area contributed by atoms with Crippen LogP contribution in [-0.2, 0) is 4.74 Å². The average molecular weight is 458 g/mol. The highest BCUT2D eigenvalue weighted by Crippen LogP contribution is 2.39. The Bertz CT molecular complexity index is 1260. The van der Waals surface area contributed by atoms with E-state index in [9.17, 15) is 9.59 Å². The fraction of sp³-hybridized carbons (Fsp3) is 0.217. The summed E-state index contributed by atoms with van der Waals surface area (Å²) in [6, 6.07) is 13.5. The van der Waals surface area contributed by atoms with Gasteiger partial charge in [0, 0.05) is 20.2 Å². The highest BCUT2D eigenvalue weighted by Gasteiger charge is 2.24. The first kappa shape index (κ1) is 20.8. The number of halogens is 1. The highest BCUT2D eigenvalue weighted by atomic mass is 35.5. The monoisotopic (exact) mass is 457 g/mol. The number of aryl methyl sites for hydroxylation is 1. The molecule has 2 heterocycles. The zero-order chi connectivity index (χ0) is 21.3. The molecular formula is C23H20ClNO3S2. The number of hydrogen-bond acceptors (Lipinski definition) is 5. The fourth-order valence-electron chi connectivity index (χ4n) is 3.20. The van der Waals surface area contributed by atoms with Gasteiger partial charge in [-0.2, -0.15) is 0 Å². The number of benzene rings is 2. The summed E-state index contributed by atoms with van der Waals surface area (Å²) >= 11 is 9.20. The predicted octanol–water partition coefficient (Wildman–Crippen LogP) is 7.29. The van der Waals surface area contributed by atoms with Crippen molar-refractivity contribution >= 4 is 71.3 Å². The Morgan fingerprint density at radius 1 is 1.07 bits per heavy atom. The van der Waals surface area contributed by atoms with Crippen LogP contribution in [0.25, 0.3) is 20.2 Å². The van der Waals surface area contributed by atoms with E-state index in [0.29, 0.717) is 27.1 Å². The van der Waals surface area contributed by atoms with Crippen LogP contribution < -0.4 is 5.32 Å². The van der Waals surface area contributed by atoms with Crippen molar-refractivity contribution in [3.63, 3.8) is 0 Å². The first-order valence-electron chi connectivity index (χ1n) is 9.68. The molecule has 0 aliphatic rings. The third-order valence-corrected chi connectivity index (χ3v) is 7.49. The largest absolute Gasteiger partial charge is 0.462 e. The number of carbonyl (C=O) groups excluding carboxylic acids is 2. The Labute approximate surface area is 187 Å². The number of rotatable bonds is 6. The minimum Gasteiger partial charge on any atom is -0.462 e. The summed E-state index contributed by atoms with van der Waals surface area (Å²) in [7, 11) is 0. The van der Waals surface area contributed by atoms with Crippen molar-refractivity contribution in [1.82, 2.24) is 0 Å². The fourth-order valence-corrected chi connectivity index (χ4v) is 5.79. The SMILES string of the molecule is CCCCOC(=O)c1c(NC(=O)c2sc3cc(C)ccc3c2Cl)sc2ccccc12. The quantitative estimate of drug-likeness (QED) is 0.244. The second-order valence-electron chi connectivity index (χ2n) is 6.99. The minimum atomic E-state index is -0.422. The molecule has 154 valence electrons. The maximum atomic E-state index is 13.1. The third-order valence-electron chi connectivity index (χ3n) is 4.75. The molecule has 0 radical (unpaired) electrons. The van der Waals surface area contributed by atoms with E-state index < -0.39 is 5.97 Å². The molecule has 0 aliphatic carbocycles. The predicted molar refractivity (Wildman–Crippen MR) is 127 cm³/mol. The lowest BCUT2D eigenvalue weighted by Gasteiger charge is -2.07. The minimum absolute atomic E-state index is 0.326. The Hall–Kier alpha value is -2.41. The van der Waals surface area contributed by atoms with Crippen LogP contribution in [0.5, 0.6) is 0 Å². The molecule has 4 rings (SSSR count). The Kier molecular flexibility index (Phi) is 6.09. The number of hydrogen-bond donors (Lipinski definition) is 1. The second-order valence-corrected chi connectivity index (χ2v) is 9.47. The van der Waals surface area contributed by atoms with Crippen LogP contribution in [0.2, 0.25) is 5.02 Å². The van der Waals surface area contributed by atoms with Gasteiger partial charge in [-0.1, -0.05) is 55.3 Å². The highest BCUT2D eigenvalue weighted by molar-refractivity contribution is 7.24. The van der Waals surface area contributed by atoms with Crippen molar-refractivity contribution in [2.24, 2.45) is 0 Å². The van der Waals surface area contributed by atoms with Gasteiger partial charge < -0.3 is 10.1 Å². The zero-order valence-corrected chi connectivity index (χ0v) is 19.0. The van der Waals surface area contributed by atoms with Crippen molar-refractivity contribution < 1.29 is 14.3 Å². The molecule has 7 heteroatoms. The van der Waals surface area contributed by atoms with E-state index in [-0.39, 0.29) is 5.91 Å². The van der Waals surface area contributed by atoms with Gasteiger partial charge in [-0.25, -0.2) is 4.79 Å². The molecule has 0 unspecified atom stereocenters. The molecule has 30 heavy (non-hydrogen) atoms. The van der Waals surface area contributed by atoms with E-state index in [1.54, 1.807) is 0 Å². The Morgan fingerprint density at radius 2 is 1.87 bits per heavy atom. The lowest BCUT2D eigenvalue weighted by atomic mass is 10.1. The molecule has 1 N–H and O–H groups in total. The molecule has 0 atom stereocenters. The van der Waals surface area contributed by atoms with Gasteiger partial charge in [0.15, 0.2) is 0 Å². The van der Waals surface area contributed by atoms with Crippen LogP contribution in [0.15, 0.2) is 42.5 Å². The van der Waals surface area contributed by atoms with Gasteiger partial charge >= 0.3 is 5.97 Å². The molecule has 1 amide bonds. The number of esters is 1. The zero-order valence-electron chi connectivity index (χ0n) is 16.6. The average Bonchev–Trinajstić information content (AvgIpc) is 3.25. The number of nitrogens with one attached hydrogen (secondary N) is 1. The summed E-state index contributed by atoms with van der Waals surface area (Å²) in [5, 5.41) is 5.45.